The molecule has 0 bridgehead atoms. The molecule has 2 aromatic carbocycles. The van der Waals surface area contributed by atoms with Crippen molar-refractivity contribution < 1.29 is 0 Å². The van der Waals surface area contributed by atoms with E-state index in [0.717, 1.165) is 40.0 Å². The van der Waals surface area contributed by atoms with Gasteiger partial charge in [-0.25, -0.2) is 9.97 Å². The van der Waals surface area contributed by atoms with Crippen molar-refractivity contribution in [2.75, 3.05) is 26.5 Å². The first-order chi connectivity index (χ1) is 14.1. The standard InChI is InChI=1S/C23H24N6/c1-24-23-25-13-12-20(26-23)18-9-10-19-21(27-28-22(19)14-18)11-8-16-4-6-17(7-5-16)15-29(2)3/h4-14H,15H2,1-3H3,(H,27,28)(H,24,25,26)/b11-8+. The molecule has 0 fully saturated rings. The fourth-order valence-corrected chi connectivity index (χ4v) is 3.24. The second kappa shape index (κ2) is 8.24. The number of rotatable bonds is 6. The predicted molar refractivity (Wildman–Crippen MR) is 119 cm³/mol. The summed E-state index contributed by atoms with van der Waals surface area (Å²) in [5.41, 5.74) is 6.25. The average Bonchev–Trinajstić information content (AvgIpc) is 3.15. The fraction of sp³-hybridized carbons (Fsp3) is 0.174. The van der Waals surface area contributed by atoms with Crippen molar-refractivity contribution in [1.29, 1.82) is 0 Å². The maximum Gasteiger partial charge on any atom is 0.222 e. The molecule has 6 nitrogen and oxygen atoms in total. The topological polar surface area (TPSA) is 69.7 Å². The Kier molecular flexibility index (Phi) is 5.35. The van der Waals surface area contributed by atoms with E-state index in [4.69, 9.17) is 0 Å². The summed E-state index contributed by atoms with van der Waals surface area (Å²) in [5.74, 6) is 0.604. The predicted octanol–water partition coefficient (Wildman–Crippen LogP) is 4.29. The van der Waals surface area contributed by atoms with Crippen LogP contribution in [0.2, 0.25) is 0 Å². The molecule has 0 saturated carbocycles. The highest BCUT2D eigenvalue weighted by Gasteiger charge is 2.07. The first kappa shape index (κ1) is 18.8. The van der Waals surface area contributed by atoms with Gasteiger partial charge in [0.1, 0.15) is 0 Å². The van der Waals surface area contributed by atoms with E-state index in [-0.39, 0.29) is 0 Å². The summed E-state index contributed by atoms with van der Waals surface area (Å²) in [5, 5.41) is 11.7. The van der Waals surface area contributed by atoms with E-state index in [1.807, 2.05) is 19.2 Å². The van der Waals surface area contributed by atoms with Crippen LogP contribution in [0.1, 0.15) is 16.8 Å². The summed E-state index contributed by atoms with van der Waals surface area (Å²) in [6, 6.07) is 16.7. The summed E-state index contributed by atoms with van der Waals surface area (Å²) in [4.78, 5) is 10.8. The SMILES string of the molecule is CNc1nccc(-c2ccc3c(/C=C/c4ccc(CN(C)C)cc4)n[nH]c3c2)n1. The van der Waals surface area contributed by atoms with E-state index in [9.17, 15) is 0 Å². The Hall–Kier alpha value is -3.51. The second-order valence-corrected chi connectivity index (χ2v) is 7.20. The van der Waals surface area contributed by atoms with Crippen LogP contribution in [0, 0.1) is 0 Å². The van der Waals surface area contributed by atoms with Gasteiger partial charge in [-0.2, -0.15) is 5.10 Å². The third-order valence-corrected chi connectivity index (χ3v) is 4.68. The van der Waals surface area contributed by atoms with Crippen LogP contribution in [0.3, 0.4) is 0 Å². The Morgan fingerprint density at radius 2 is 1.86 bits per heavy atom. The van der Waals surface area contributed by atoms with Crippen molar-refractivity contribution in [2.24, 2.45) is 0 Å². The van der Waals surface area contributed by atoms with Gasteiger partial charge < -0.3 is 10.2 Å². The number of hydrogen-bond donors (Lipinski definition) is 2. The molecule has 0 aliphatic carbocycles. The molecule has 0 unspecified atom stereocenters. The summed E-state index contributed by atoms with van der Waals surface area (Å²) >= 11 is 0. The maximum absolute atomic E-state index is 4.50. The lowest BCUT2D eigenvalue weighted by Crippen LogP contribution is -2.10. The van der Waals surface area contributed by atoms with E-state index in [2.05, 4.69) is 93.0 Å². The van der Waals surface area contributed by atoms with Crippen LogP contribution in [-0.4, -0.2) is 46.2 Å². The molecule has 2 N–H and O–H groups in total. The van der Waals surface area contributed by atoms with Crippen molar-refractivity contribution in [3.8, 4) is 11.3 Å². The summed E-state index contributed by atoms with van der Waals surface area (Å²) in [6.45, 7) is 0.943. The molecule has 146 valence electrons. The van der Waals surface area contributed by atoms with Crippen LogP contribution in [0.15, 0.2) is 54.7 Å². The smallest absolute Gasteiger partial charge is 0.222 e. The van der Waals surface area contributed by atoms with E-state index in [0.29, 0.717) is 5.95 Å². The third-order valence-electron chi connectivity index (χ3n) is 4.68. The van der Waals surface area contributed by atoms with E-state index in [1.165, 1.54) is 5.56 Å². The number of H-pyrrole nitrogens is 1. The number of hydrogen-bond acceptors (Lipinski definition) is 5. The lowest BCUT2D eigenvalue weighted by molar-refractivity contribution is 0.402. The largest absolute Gasteiger partial charge is 0.357 e. The number of nitrogens with one attached hydrogen (secondary N) is 2. The summed E-state index contributed by atoms with van der Waals surface area (Å²) in [7, 11) is 5.96. The zero-order valence-corrected chi connectivity index (χ0v) is 16.8. The van der Waals surface area contributed by atoms with Crippen LogP contribution in [0.4, 0.5) is 5.95 Å². The Morgan fingerprint density at radius 3 is 2.62 bits per heavy atom. The number of anilines is 1. The quantitative estimate of drug-likeness (QED) is 0.519. The van der Waals surface area contributed by atoms with Gasteiger partial charge in [-0.05, 0) is 49.5 Å². The molecule has 0 radical (unpaired) electrons. The van der Waals surface area contributed by atoms with E-state index in [1.54, 1.807) is 6.20 Å². The minimum absolute atomic E-state index is 0.604. The Bertz CT molecular complexity index is 1140. The lowest BCUT2D eigenvalue weighted by Gasteiger charge is -2.09. The van der Waals surface area contributed by atoms with Gasteiger partial charge in [-0.3, -0.25) is 5.10 Å². The molecular weight excluding hydrogens is 360 g/mol. The van der Waals surface area contributed by atoms with Gasteiger partial charge in [0.2, 0.25) is 5.95 Å². The molecule has 0 spiro atoms. The van der Waals surface area contributed by atoms with Gasteiger partial charge >= 0.3 is 0 Å². The highest BCUT2D eigenvalue weighted by Crippen LogP contribution is 2.25. The van der Waals surface area contributed by atoms with Gasteiger partial charge in [-0.1, -0.05) is 36.4 Å². The highest BCUT2D eigenvalue weighted by molar-refractivity contribution is 5.91. The molecular formula is C23H24N6. The van der Waals surface area contributed by atoms with Crippen molar-refractivity contribution in [3.05, 3.63) is 71.5 Å². The Balaban J connectivity index is 1.56. The fourth-order valence-electron chi connectivity index (χ4n) is 3.24. The number of fused-ring (bicyclic) bond motifs is 1. The first-order valence-electron chi connectivity index (χ1n) is 9.53. The lowest BCUT2D eigenvalue weighted by atomic mass is 10.1. The summed E-state index contributed by atoms with van der Waals surface area (Å²) < 4.78 is 0. The Morgan fingerprint density at radius 1 is 1.03 bits per heavy atom. The third kappa shape index (κ3) is 4.33. The van der Waals surface area contributed by atoms with Crippen LogP contribution < -0.4 is 5.32 Å². The van der Waals surface area contributed by atoms with Gasteiger partial charge in [0, 0.05) is 30.7 Å². The monoisotopic (exact) mass is 384 g/mol. The van der Waals surface area contributed by atoms with Crippen molar-refractivity contribution in [1.82, 2.24) is 25.1 Å². The first-order valence-corrected chi connectivity index (χ1v) is 9.53. The van der Waals surface area contributed by atoms with E-state index < -0.39 is 0 Å². The minimum atomic E-state index is 0.604. The molecule has 4 aromatic rings. The number of nitrogens with zero attached hydrogens (tertiary/aromatic N) is 4. The van der Waals surface area contributed by atoms with Gasteiger partial charge in [-0.15, -0.1) is 0 Å². The van der Waals surface area contributed by atoms with Crippen LogP contribution in [0.5, 0.6) is 0 Å². The number of benzene rings is 2. The average molecular weight is 384 g/mol. The molecule has 2 heterocycles. The van der Waals surface area contributed by atoms with Crippen LogP contribution in [-0.2, 0) is 6.54 Å². The number of aromatic amines is 1. The Labute approximate surface area is 170 Å². The maximum atomic E-state index is 4.50. The van der Waals surface area contributed by atoms with Crippen molar-refractivity contribution in [2.45, 2.75) is 6.54 Å². The molecule has 0 atom stereocenters. The molecule has 4 rings (SSSR count). The zero-order valence-electron chi connectivity index (χ0n) is 16.8. The van der Waals surface area contributed by atoms with Gasteiger partial charge in [0.05, 0.1) is 16.9 Å². The van der Waals surface area contributed by atoms with Crippen LogP contribution in [0.25, 0.3) is 34.3 Å². The molecule has 0 saturated heterocycles. The molecule has 0 aliphatic rings. The van der Waals surface area contributed by atoms with E-state index >= 15 is 0 Å². The molecule has 6 heteroatoms. The van der Waals surface area contributed by atoms with Gasteiger partial charge in [0.25, 0.3) is 0 Å². The molecule has 29 heavy (non-hydrogen) atoms. The van der Waals surface area contributed by atoms with Gasteiger partial charge in [0.15, 0.2) is 0 Å². The molecule has 0 amide bonds. The highest BCUT2D eigenvalue weighted by atomic mass is 15.1. The molecule has 0 aliphatic heterocycles. The zero-order chi connectivity index (χ0) is 20.2. The second-order valence-electron chi connectivity index (χ2n) is 7.20. The normalized spacial score (nSPS) is 11.6. The van der Waals surface area contributed by atoms with Crippen molar-refractivity contribution in [3.63, 3.8) is 0 Å². The van der Waals surface area contributed by atoms with Crippen LogP contribution >= 0.6 is 0 Å². The minimum Gasteiger partial charge on any atom is -0.357 e. The number of aromatic nitrogens is 4. The summed E-state index contributed by atoms with van der Waals surface area (Å²) in [6.07, 6.45) is 5.89. The van der Waals surface area contributed by atoms with Crippen molar-refractivity contribution >= 4 is 29.0 Å². The molecule has 2 aromatic heterocycles.